The predicted molar refractivity (Wildman–Crippen MR) is 73.7 cm³/mol. The number of nitrogens with zero attached hydrogens (tertiary/aromatic N) is 4. The van der Waals surface area contributed by atoms with Gasteiger partial charge in [0.15, 0.2) is 0 Å². The molecule has 0 aliphatic rings. The number of hydrogen-bond acceptors (Lipinski definition) is 4. The zero-order chi connectivity index (χ0) is 14.7. The van der Waals surface area contributed by atoms with Gasteiger partial charge in [-0.15, -0.1) is 0 Å². The summed E-state index contributed by atoms with van der Waals surface area (Å²) in [5, 5.41) is 14.8. The molecule has 0 spiro atoms. The van der Waals surface area contributed by atoms with E-state index in [1.165, 1.54) is 16.6 Å². The lowest BCUT2D eigenvalue weighted by Crippen LogP contribution is -2.32. The minimum absolute atomic E-state index is 0.0271. The van der Waals surface area contributed by atoms with E-state index >= 15 is 0 Å². The van der Waals surface area contributed by atoms with Crippen LogP contribution >= 0.6 is 0 Å². The number of rotatable bonds is 4. The van der Waals surface area contributed by atoms with Gasteiger partial charge < -0.3 is 4.90 Å². The van der Waals surface area contributed by atoms with Crippen LogP contribution in [0.2, 0.25) is 0 Å². The molecule has 0 aliphatic heterocycles. The second kappa shape index (κ2) is 5.52. The molecule has 2 aromatic rings. The van der Waals surface area contributed by atoms with Crippen LogP contribution < -0.4 is 4.90 Å². The van der Waals surface area contributed by atoms with E-state index in [4.69, 9.17) is 0 Å². The molecule has 104 valence electrons. The first-order valence-electron chi connectivity index (χ1n) is 6.09. The van der Waals surface area contributed by atoms with Crippen molar-refractivity contribution in [2.45, 2.75) is 6.92 Å². The maximum atomic E-state index is 12.5. The summed E-state index contributed by atoms with van der Waals surface area (Å²) in [7, 11) is 1.51. The van der Waals surface area contributed by atoms with Crippen molar-refractivity contribution in [1.29, 1.82) is 0 Å². The van der Waals surface area contributed by atoms with E-state index < -0.39 is 10.8 Å². The highest BCUT2D eigenvalue weighted by Gasteiger charge is 2.29. The zero-order valence-corrected chi connectivity index (χ0v) is 11.2. The van der Waals surface area contributed by atoms with E-state index in [1.807, 2.05) is 25.1 Å². The van der Waals surface area contributed by atoms with Gasteiger partial charge in [0, 0.05) is 19.3 Å². The smallest absolute Gasteiger partial charge is 0.307 e. The minimum atomic E-state index is -0.598. The maximum Gasteiger partial charge on any atom is 0.320 e. The summed E-state index contributed by atoms with van der Waals surface area (Å²) in [6.45, 7) is 2.22. The topological polar surface area (TPSA) is 81.3 Å². The number of carbonyl (C=O) groups excluding carboxylic acids is 1. The molecule has 0 atom stereocenters. The van der Waals surface area contributed by atoms with E-state index in [1.54, 1.807) is 12.1 Å². The summed E-state index contributed by atoms with van der Waals surface area (Å²) < 4.78 is 1.23. The van der Waals surface area contributed by atoms with Crippen molar-refractivity contribution >= 4 is 17.3 Å². The molecule has 7 nitrogen and oxygen atoms in total. The predicted octanol–water partition coefficient (Wildman–Crippen LogP) is 1.99. The molecule has 0 aliphatic carbocycles. The van der Waals surface area contributed by atoms with Crippen LogP contribution in [0.1, 0.15) is 17.4 Å². The van der Waals surface area contributed by atoms with Crippen molar-refractivity contribution < 1.29 is 9.72 Å². The van der Waals surface area contributed by atoms with Crippen LogP contribution in [-0.2, 0) is 7.05 Å². The molecule has 1 heterocycles. The van der Waals surface area contributed by atoms with Gasteiger partial charge in [0.2, 0.25) is 5.69 Å². The number of carbonyl (C=O) groups is 1. The summed E-state index contributed by atoms with van der Waals surface area (Å²) in [6, 6.07) is 9.02. The summed E-state index contributed by atoms with van der Waals surface area (Å²) >= 11 is 0. The van der Waals surface area contributed by atoms with Gasteiger partial charge in [0.05, 0.1) is 4.92 Å². The molecule has 2 rings (SSSR count). The molecular weight excluding hydrogens is 260 g/mol. The van der Waals surface area contributed by atoms with Crippen molar-refractivity contribution in [3.05, 3.63) is 52.3 Å². The van der Waals surface area contributed by atoms with E-state index in [2.05, 4.69) is 5.10 Å². The maximum absolute atomic E-state index is 12.5. The SMILES string of the molecule is CCN(C(=O)c1c([N+](=O)[O-])cnn1C)c1ccccc1. The largest absolute Gasteiger partial charge is 0.320 e. The van der Waals surface area contributed by atoms with Crippen LogP contribution in [0.5, 0.6) is 0 Å². The Bertz CT molecular complexity index is 636. The molecular formula is C13H14N4O3. The molecule has 1 amide bonds. The lowest BCUT2D eigenvalue weighted by atomic mass is 10.2. The highest BCUT2D eigenvalue weighted by molar-refractivity contribution is 6.07. The Balaban J connectivity index is 2.45. The zero-order valence-electron chi connectivity index (χ0n) is 11.2. The molecule has 0 bridgehead atoms. The average Bonchev–Trinajstić information content (AvgIpc) is 2.82. The molecule has 0 unspecified atom stereocenters. The van der Waals surface area contributed by atoms with E-state index in [0.717, 1.165) is 6.20 Å². The van der Waals surface area contributed by atoms with E-state index in [9.17, 15) is 14.9 Å². The first-order valence-corrected chi connectivity index (χ1v) is 6.09. The monoisotopic (exact) mass is 274 g/mol. The fourth-order valence-corrected chi connectivity index (χ4v) is 1.99. The fourth-order valence-electron chi connectivity index (χ4n) is 1.99. The number of aromatic nitrogens is 2. The van der Waals surface area contributed by atoms with Crippen LogP contribution in [0.4, 0.5) is 11.4 Å². The Hall–Kier alpha value is -2.70. The molecule has 20 heavy (non-hydrogen) atoms. The summed E-state index contributed by atoms with van der Waals surface area (Å²) in [5.41, 5.74) is 0.378. The van der Waals surface area contributed by atoms with Crippen LogP contribution in [0.25, 0.3) is 0 Å². The Labute approximate surface area is 115 Å². The number of nitro groups is 1. The highest BCUT2D eigenvalue weighted by atomic mass is 16.6. The Morgan fingerprint density at radius 2 is 2.05 bits per heavy atom. The molecule has 0 N–H and O–H groups in total. The number of para-hydroxylation sites is 1. The van der Waals surface area contributed by atoms with Gasteiger partial charge in [0.1, 0.15) is 6.20 Å². The van der Waals surface area contributed by atoms with E-state index in [0.29, 0.717) is 12.2 Å². The van der Waals surface area contributed by atoms with Gasteiger partial charge >= 0.3 is 5.69 Å². The lowest BCUT2D eigenvalue weighted by molar-refractivity contribution is -0.385. The number of aryl methyl sites for hydroxylation is 1. The molecule has 1 aromatic carbocycles. The average molecular weight is 274 g/mol. The lowest BCUT2D eigenvalue weighted by Gasteiger charge is -2.20. The summed E-state index contributed by atoms with van der Waals surface area (Å²) in [5.74, 6) is -0.439. The first kappa shape index (κ1) is 13.7. The van der Waals surface area contributed by atoms with Crippen LogP contribution in [0, 0.1) is 10.1 Å². The summed E-state index contributed by atoms with van der Waals surface area (Å²) in [4.78, 5) is 24.4. The van der Waals surface area contributed by atoms with Gasteiger partial charge in [-0.25, -0.2) is 0 Å². The van der Waals surface area contributed by atoms with Crippen molar-refractivity contribution in [1.82, 2.24) is 9.78 Å². The third kappa shape index (κ3) is 2.37. The van der Waals surface area contributed by atoms with Gasteiger partial charge in [-0.3, -0.25) is 19.6 Å². The third-order valence-electron chi connectivity index (χ3n) is 2.95. The number of amides is 1. The van der Waals surface area contributed by atoms with Crippen molar-refractivity contribution in [2.24, 2.45) is 7.05 Å². The van der Waals surface area contributed by atoms with Crippen molar-refractivity contribution in [3.8, 4) is 0 Å². The van der Waals surface area contributed by atoms with Crippen LogP contribution in [0.3, 0.4) is 0 Å². The molecule has 0 fully saturated rings. The molecule has 1 aromatic heterocycles. The summed E-state index contributed by atoms with van der Waals surface area (Å²) in [6.07, 6.45) is 1.09. The quantitative estimate of drug-likeness (QED) is 0.630. The number of benzene rings is 1. The van der Waals surface area contributed by atoms with Crippen LogP contribution in [0.15, 0.2) is 36.5 Å². The molecule has 7 heteroatoms. The molecule has 0 saturated carbocycles. The molecule has 0 saturated heterocycles. The van der Waals surface area contributed by atoms with E-state index in [-0.39, 0.29) is 11.4 Å². The van der Waals surface area contributed by atoms with Crippen molar-refractivity contribution in [3.63, 3.8) is 0 Å². The second-order valence-corrected chi connectivity index (χ2v) is 4.14. The van der Waals surface area contributed by atoms with Gasteiger partial charge in [-0.2, -0.15) is 5.10 Å². The highest BCUT2D eigenvalue weighted by Crippen LogP contribution is 2.22. The number of anilines is 1. The van der Waals surface area contributed by atoms with Gasteiger partial charge in [-0.05, 0) is 19.1 Å². The standard InChI is InChI=1S/C13H14N4O3/c1-3-16(10-7-5-4-6-8-10)13(18)12-11(17(19)20)9-14-15(12)2/h4-9H,3H2,1-2H3. The molecule has 0 radical (unpaired) electrons. The second-order valence-electron chi connectivity index (χ2n) is 4.14. The van der Waals surface area contributed by atoms with Crippen molar-refractivity contribution in [2.75, 3.05) is 11.4 Å². The fraction of sp³-hybridized carbons (Fsp3) is 0.231. The Kier molecular flexibility index (Phi) is 3.79. The Morgan fingerprint density at radius 1 is 1.40 bits per heavy atom. The number of hydrogen-bond donors (Lipinski definition) is 0. The van der Waals surface area contributed by atoms with Crippen LogP contribution in [-0.4, -0.2) is 27.2 Å². The minimum Gasteiger partial charge on any atom is -0.307 e. The third-order valence-corrected chi connectivity index (χ3v) is 2.95. The Morgan fingerprint density at radius 3 is 2.60 bits per heavy atom. The normalized spacial score (nSPS) is 10.3. The first-order chi connectivity index (χ1) is 9.56. The van der Waals surface area contributed by atoms with Gasteiger partial charge in [0.25, 0.3) is 5.91 Å². The van der Waals surface area contributed by atoms with Gasteiger partial charge in [-0.1, -0.05) is 18.2 Å².